The minimum atomic E-state index is -0.154. The van der Waals surface area contributed by atoms with Crippen LogP contribution in [0.5, 0.6) is 11.5 Å². The van der Waals surface area contributed by atoms with Crippen LogP contribution in [0.3, 0.4) is 0 Å². The van der Waals surface area contributed by atoms with Crippen molar-refractivity contribution in [3.8, 4) is 11.5 Å². The average Bonchev–Trinajstić information content (AvgIpc) is 2.91. The van der Waals surface area contributed by atoms with Gasteiger partial charge in [-0.25, -0.2) is 0 Å². The SMILES string of the molecule is CN1CCN(c2ccc(/C=C3\Oc4cc(O)ccc4C3=O)cc2)CC1.Cl. The van der Waals surface area contributed by atoms with Gasteiger partial charge < -0.3 is 19.6 Å². The number of carbonyl (C=O) groups is 1. The number of hydrogen-bond acceptors (Lipinski definition) is 5. The third-order valence-corrected chi connectivity index (χ3v) is 4.71. The number of phenolic OH excluding ortho intramolecular Hbond substituents is 1. The first-order chi connectivity index (χ1) is 12.1. The predicted molar refractivity (Wildman–Crippen MR) is 104 cm³/mol. The summed E-state index contributed by atoms with van der Waals surface area (Å²) in [5, 5.41) is 9.51. The van der Waals surface area contributed by atoms with E-state index < -0.39 is 0 Å². The molecule has 1 fully saturated rings. The molecule has 0 spiro atoms. The Balaban J connectivity index is 0.00000196. The molecule has 5 nitrogen and oxygen atoms in total. The topological polar surface area (TPSA) is 53.0 Å². The van der Waals surface area contributed by atoms with Gasteiger partial charge in [0.25, 0.3) is 0 Å². The third kappa shape index (κ3) is 3.54. The van der Waals surface area contributed by atoms with Crippen molar-refractivity contribution >= 4 is 30.0 Å². The van der Waals surface area contributed by atoms with E-state index in [-0.39, 0.29) is 29.7 Å². The molecule has 0 saturated carbocycles. The van der Waals surface area contributed by atoms with E-state index in [2.05, 4.69) is 29.0 Å². The highest BCUT2D eigenvalue weighted by Crippen LogP contribution is 2.34. The fourth-order valence-corrected chi connectivity index (χ4v) is 3.17. The van der Waals surface area contributed by atoms with E-state index >= 15 is 0 Å². The van der Waals surface area contributed by atoms with Crippen LogP contribution in [-0.4, -0.2) is 49.0 Å². The van der Waals surface area contributed by atoms with Gasteiger partial charge >= 0.3 is 0 Å². The zero-order valence-corrected chi connectivity index (χ0v) is 15.3. The number of piperazine rings is 1. The van der Waals surface area contributed by atoms with Gasteiger partial charge in [0.2, 0.25) is 5.78 Å². The number of fused-ring (bicyclic) bond motifs is 1. The summed E-state index contributed by atoms with van der Waals surface area (Å²) in [4.78, 5) is 17.1. The minimum absolute atomic E-state index is 0. The van der Waals surface area contributed by atoms with Gasteiger partial charge in [0, 0.05) is 37.9 Å². The molecule has 0 aromatic heterocycles. The van der Waals surface area contributed by atoms with Crippen molar-refractivity contribution < 1.29 is 14.6 Å². The average molecular weight is 373 g/mol. The summed E-state index contributed by atoms with van der Waals surface area (Å²) in [6.45, 7) is 4.19. The summed E-state index contributed by atoms with van der Waals surface area (Å²) < 4.78 is 5.60. The Bertz CT molecular complexity index is 841. The molecule has 2 aromatic rings. The van der Waals surface area contributed by atoms with Crippen LogP contribution in [0, 0.1) is 0 Å². The third-order valence-electron chi connectivity index (χ3n) is 4.71. The second-order valence-corrected chi connectivity index (χ2v) is 6.50. The highest BCUT2D eigenvalue weighted by Gasteiger charge is 2.27. The van der Waals surface area contributed by atoms with Crippen LogP contribution >= 0.6 is 12.4 Å². The summed E-state index contributed by atoms with van der Waals surface area (Å²) in [5.74, 6) is 0.626. The molecule has 1 N–H and O–H groups in total. The van der Waals surface area contributed by atoms with Crippen LogP contribution in [0.4, 0.5) is 5.69 Å². The van der Waals surface area contributed by atoms with E-state index in [0.29, 0.717) is 11.3 Å². The Kier molecular flexibility index (Phi) is 5.20. The maximum absolute atomic E-state index is 12.4. The molecular weight excluding hydrogens is 352 g/mol. The van der Waals surface area contributed by atoms with Crippen LogP contribution in [0.25, 0.3) is 6.08 Å². The fraction of sp³-hybridized carbons (Fsp3) is 0.250. The Labute approximate surface area is 158 Å². The number of Topliss-reactive ketones (excluding diaryl/α,β-unsaturated/α-hetero) is 1. The lowest BCUT2D eigenvalue weighted by Crippen LogP contribution is -2.44. The van der Waals surface area contributed by atoms with Crippen LogP contribution in [0.1, 0.15) is 15.9 Å². The Morgan fingerprint density at radius 2 is 1.73 bits per heavy atom. The molecule has 0 bridgehead atoms. The molecule has 26 heavy (non-hydrogen) atoms. The molecule has 2 aliphatic heterocycles. The van der Waals surface area contributed by atoms with E-state index in [1.165, 1.54) is 17.8 Å². The molecule has 2 heterocycles. The number of ketones is 1. The van der Waals surface area contributed by atoms with Gasteiger partial charge in [-0.2, -0.15) is 0 Å². The summed E-state index contributed by atoms with van der Waals surface area (Å²) in [6, 6.07) is 12.7. The van der Waals surface area contributed by atoms with Crippen molar-refractivity contribution in [2.45, 2.75) is 0 Å². The lowest BCUT2D eigenvalue weighted by Gasteiger charge is -2.34. The standard InChI is InChI=1S/C20H20N2O3.ClH/c1-21-8-10-22(11-9-21)15-4-2-14(3-5-15)12-19-20(24)17-7-6-16(23)13-18(17)25-19;/h2-7,12-13,23H,8-11H2,1H3;1H/b19-12-;. The molecule has 0 aliphatic carbocycles. The quantitative estimate of drug-likeness (QED) is 0.820. The normalized spacial score (nSPS) is 18.4. The first-order valence-corrected chi connectivity index (χ1v) is 8.41. The van der Waals surface area contributed by atoms with Crippen molar-refractivity contribution in [1.82, 2.24) is 4.90 Å². The first kappa shape index (κ1) is 18.3. The number of phenols is 1. The Hall–Kier alpha value is -2.50. The predicted octanol–water partition coefficient (Wildman–Crippen LogP) is 3.18. The van der Waals surface area contributed by atoms with Gasteiger partial charge in [0.05, 0.1) is 5.56 Å². The molecule has 0 amide bonds. The second kappa shape index (κ2) is 7.40. The van der Waals surface area contributed by atoms with Crippen LogP contribution in [-0.2, 0) is 0 Å². The smallest absolute Gasteiger partial charge is 0.231 e. The largest absolute Gasteiger partial charge is 0.508 e. The van der Waals surface area contributed by atoms with Gasteiger partial charge in [-0.05, 0) is 43.0 Å². The van der Waals surface area contributed by atoms with Crippen LogP contribution in [0.2, 0.25) is 0 Å². The highest BCUT2D eigenvalue weighted by molar-refractivity contribution is 6.14. The number of likely N-dealkylation sites (N-methyl/N-ethyl adjacent to an activating group) is 1. The van der Waals surface area contributed by atoms with E-state index in [9.17, 15) is 9.90 Å². The summed E-state index contributed by atoms with van der Waals surface area (Å²) >= 11 is 0. The monoisotopic (exact) mass is 372 g/mol. The summed E-state index contributed by atoms with van der Waals surface area (Å²) in [6.07, 6.45) is 1.74. The Morgan fingerprint density at radius 3 is 2.42 bits per heavy atom. The molecule has 136 valence electrons. The van der Waals surface area contributed by atoms with Crippen molar-refractivity contribution in [2.24, 2.45) is 0 Å². The van der Waals surface area contributed by atoms with Gasteiger partial charge in [0.1, 0.15) is 11.5 Å². The number of ether oxygens (including phenoxy) is 1. The van der Waals surface area contributed by atoms with Crippen molar-refractivity contribution in [2.75, 3.05) is 38.1 Å². The molecule has 4 rings (SSSR count). The van der Waals surface area contributed by atoms with E-state index in [1.54, 1.807) is 12.1 Å². The maximum Gasteiger partial charge on any atom is 0.231 e. The van der Waals surface area contributed by atoms with Gasteiger partial charge in [-0.15, -0.1) is 12.4 Å². The molecule has 2 aliphatic rings. The van der Waals surface area contributed by atoms with E-state index in [4.69, 9.17) is 4.74 Å². The maximum atomic E-state index is 12.4. The van der Waals surface area contributed by atoms with E-state index in [0.717, 1.165) is 31.7 Å². The van der Waals surface area contributed by atoms with Crippen molar-refractivity contribution in [1.29, 1.82) is 0 Å². The second-order valence-electron chi connectivity index (χ2n) is 6.50. The molecule has 6 heteroatoms. The lowest BCUT2D eigenvalue weighted by molar-refractivity contribution is 0.101. The number of rotatable bonds is 2. The minimum Gasteiger partial charge on any atom is -0.508 e. The number of allylic oxidation sites excluding steroid dienone is 1. The summed E-state index contributed by atoms with van der Waals surface area (Å²) in [7, 11) is 2.14. The van der Waals surface area contributed by atoms with E-state index in [1.807, 2.05) is 12.1 Å². The number of anilines is 1. The fourth-order valence-electron chi connectivity index (χ4n) is 3.17. The van der Waals surface area contributed by atoms with Crippen molar-refractivity contribution in [3.63, 3.8) is 0 Å². The number of hydrogen-bond donors (Lipinski definition) is 1. The lowest BCUT2D eigenvalue weighted by atomic mass is 10.1. The van der Waals surface area contributed by atoms with Gasteiger partial charge in [0.15, 0.2) is 5.76 Å². The summed E-state index contributed by atoms with van der Waals surface area (Å²) in [5.41, 5.74) is 2.60. The molecular formula is C20H21ClN2O3. The molecule has 1 saturated heterocycles. The van der Waals surface area contributed by atoms with Gasteiger partial charge in [-0.3, -0.25) is 4.79 Å². The number of carbonyl (C=O) groups excluding carboxylic acids is 1. The van der Waals surface area contributed by atoms with Crippen molar-refractivity contribution in [3.05, 3.63) is 59.4 Å². The van der Waals surface area contributed by atoms with Crippen LogP contribution < -0.4 is 9.64 Å². The highest BCUT2D eigenvalue weighted by atomic mass is 35.5. The number of benzene rings is 2. The van der Waals surface area contributed by atoms with Crippen LogP contribution in [0.15, 0.2) is 48.2 Å². The number of aromatic hydroxyl groups is 1. The molecule has 0 atom stereocenters. The molecule has 0 unspecified atom stereocenters. The van der Waals surface area contributed by atoms with Gasteiger partial charge in [-0.1, -0.05) is 12.1 Å². The number of halogens is 1. The Morgan fingerprint density at radius 1 is 1.04 bits per heavy atom. The zero-order chi connectivity index (χ0) is 17.4. The molecule has 0 radical (unpaired) electrons. The zero-order valence-electron chi connectivity index (χ0n) is 14.5. The molecule has 2 aromatic carbocycles. The number of nitrogens with zero attached hydrogens (tertiary/aromatic N) is 2. The first-order valence-electron chi connectivity index (χ1n) is 8.41.